The molecule has 0 bridgehead atoms. The summed E-state index contributed by atoms with van der Waals surface area (Å²) >= 11 is 0. The van der Waals surface area contributed by atoms with Crippen LogP contribution in [-0.2, 0) is 24.8 Å². The maximum absolute atomic E-state index is 10.9. The van der Waals surface area contributed by atoms with Crippen molar-refractivity contribution >= 4 is 0 Å². The second kappa shape index (κ2) is 12.3. The highest BCUT2D eigenvalue weighted by molar-refractivity contribution is 5.65. The van der Waals surface area contributed by atoms with Crippen molar-refractivity contribution in [1.29, 1.82) is 0 Å². The fraction of sp³-hybridized carbons (Fsp3) is 0.276. The van der Waals surface area contributed by atoms with E-state index in [1.165, 1.54) is 0 Å². The molecule has 0 aliphatic carbocycles. The quantitative estimate of drug-likeness (QED) is 0.317. The summed E-state index contributed by atoms with van der Waals surface area (Å²) in [6.07, 6.45) is 0.0839. The van der Waals surface area contributed by atoms with Crippen molar-refractivity contribution in [3.63, 3.8) is 0 Å². The Balaban J connectivity index is 1.63. The van der Waals surface area contributed by atoms with Crippen LogP contribution in [0.25, 0.3) is 11.3 Å². The summed E-state index contributed by atoms with van der Waals surface area (Å²) in [7, 11) is 3.60. The first-order valence-electron chi connectivity index (χ1n) is 11.9. The third kappa shape index (κ3) is 6.79. The number of hydrogen-bond acceptors (Lipinski definition) is 5. The van der Waals surface area contributed by atoms with Gasteiger partial charge in [0.25, 0.3) is 0 Å². The lowest BCUT2D eigenvalue weighted by Crippen LogP contribution is -2.35. The number of aromatic nitrogens is 2. The SMILES string of the molecule is COCCN(Cc1c(-c2ccccc2)nn(C)c1Oc1ccccc1)C[C@H](O)Cc1ccccc1. The van der Waals surface area contributed by atoms with Gasteiger partial charge in [-0.05, 0) is 24.1 Å². The predicted octanol–water partition coefficient (Wildman–Crippen LogP) is 4.93. The molecule has 1 N–H and O–H groups in total. The number of hydrogen-bond donors (Lipinski definition) is 1. The molecule has 0 spiro atoms. The van der Waals surface area contributed by atoms with Crippen LogP contribution in [0.2, 0.25) is 0 Å². The second-order valence-corrected chi connectivity index (χ2v) is 8.61. The summed E-state index contributed by atoms with van der Waals surface area (Å²) in [5.74, 6) is 1.44. The molecule has 0 aliphatic heterocycles. The predicted molar refractivity (Wildman–Crippen MR) is 138 cm³/mol. The van der Waals surface area contributed by atoms with Crippen molar-refractivity contribution in [2.45, 2.75) is 19.1 Å². The molecule has 182 valence electrons. The van der Waals surface area contributed by atoms with Gasteiger partial charge in [0.15, 0.2) is 0 Å². The number of rotatable bonds is 12. The molecule has 0 saturated carbocycles. The molecule has 1 heterocycles. The molecule has 3 aromatic carbocycles. The first kappa shape index (κ1) is 24.7. The van der Waals surface area contributed by atoms with Crippen LogP contribution >= 0.6 is 0 Å². The largest absolute Gasteiger partial charge is 0.439 e. The number of para-hydroxylation sites is 1. The molecule has 0 saturated heterocycles. The molecule has 0 aliphatic rings. The van der Waals surface area contributed by atoms with E-state index in [2.05, 4.69) is 17.0 Å². The van der Waals surface area contributed by atoms with Crippen molar-refractivity contribution in [3.8, 4) is 22.9 Å². The van der Waals surface area contributed by atoms with Gasteiger partial charge in [-0.3, -0.25) is 4.90 Å². The fourth-order valence-electron chi connectivity index (χ4n) is 4.18. The van der Waals surface area contributed by atoms with E-state index in [0.717, 1.165) is 28.1 Å². The van der Waals surface area contributed by atoms with E-state index in [-0.39, 0.29) is 0 Å². The highest BCUT2D eigenvalue weighted by atomic mass is 16.5. The molecule has 0 fully saturated rings. The molecular weight excluding hydrogens is 438 g/mol. The van der Waals surface area contributed by atoms with E-state index < -0.39 is 6.10 Å². The van der Waals surface area contributed by atoms with E-state index in [1.807, 2.05) is 85.9 Å². The summed E-state index contributed by atoms with van der Waals surface area (Å²) in [4.78, 5) is 2.21. The zero-order valence-corrected chi connectivity index (χ0v) is 20.4. The molecule has 35 heavy (non-hydrogen) atoms. The van der Waals surface area contributed by atoms with Gasteiger partial charge >= 0.3 is 0 Å². The van der Waals surface area contributed by atoms with Gasteiger partial charge in [-0.15, -0.1) is 0 Å². The van der Waals surface area contributed by atoms with Crippen molar-refractivity contribution in [1.82, 2.24) is 14.7 Å². The van der Waals surface area contributed by atoms with Gasteiger partial charge in [-0.2, -0.15) is 5.10 Å². The first-order chi connectivity index (χ1) is 17.1. The molecule has 0 amide bonds. The lowest BCUT2D eigenvalue weighted by molar-refractivity contribution is 0.0848. The zero-order valence-electron chi connectivity index (χ0n) is 20.4. The molecule has 1 atom stereocenters. The van der Waals surface area contributed by atoms with Crippen LogP contribution in [0.3, 0.4) is 0 Å². The van der Waals surface area contributed by atoms with Crippen LogP contribution in [0.15, 0.2) is 91.0 Å². The van der Waals surface area contributed by atoms with Crippen LogP contribution in [-0.4, -0.2) is 52.7 Å². The fourth-order valence-corrected chi connectivity index (χ4v) is 4.18. The summed E-state index contributed by atoms with van der Waals surface area (Å²) in [6, 6.07) is 30.0. The standard InChI is InChI=1S/C29H33N3O3/c1-31-29(35-26-16-10-5-11-17-26)27(28(30-31)24-14-8-4-9-15-24)22-32(18-19-34-2)21-25(33)20-23-12-6-3-7-13-23/h3-17,25,33H,18-22H2,1-2H3/t25-/m1/s1. The molecular formula is C29H33N3O3. The Morgan fingerprint density at radius 3 is 2.20 bits per heavy atom. The molecule has 4 aromatic rings. The highest BCUT2D eigenvalue weighted by Crippen LogP contribution is 2.34. The third-order valence-electron chi connectivity index (χ3n) is 5.87. The van der Waals surface area contributed by atoms with Crippen LogP contribution in [0.5, 0.6) is 11.6 Å². The van der Waals surface area contributed by atoms with Gasteiger partial charge in [0.05, 0.1) is 18.3 Å². The summed E-state index contributed by atoms with van der Waals surface area (Å²) in [5.41, 5.74) is 3.99. The Labute approximate surface area is 207 Å². The Hall–Kier alpha value is -3.45. The van der Waals surface area contributed by atoms with E-state index in [1.54, 1.807) is 11.8 Å². The van der Waals surface area contributed by atoms with Crippen LogP contribution in [0, 0.1) is 0 Å². The number of aryl methyl sites for hydroxylation is 1. The lowest BCUT2D eigenvalue weighted by Gasteiger charge is -2.25. The van der Waals surface area contributed by atoms with E-state index in [4.69, 9.17) is 14.6 Å². The average molecular weight is 472 g/mol. The summed E-state index contributed by atoms with van der Waals surface area (Å²) in [5, 5.41) is 15.7. The van der Waals surface area contributed by atoms with Gasteiger partial charge in [-0.1, -0.05) is 78.9 Å². The number of methoxy groups -OCH3 is 1. The molecule has 1 aromatic heterocycles. The smallest absolute Gasteiger partial charge is 0.222 e. The normalized spacial score (nSPS) is 12.1. The van der Waals surface area contributed by atoms with E-state index in [9.17, 15) is 5.11 Å². The van der Waals surface area contributed by atoms with Crippen molar-refractivity contribution in [2.75, 3.05) is 26.8 Å². The zero-order chi connectivity index (χ0) is 24.5. The number of aliphatic hydroxyl groups is 1. The van der Waals surface area contributed by atoms with Gasteiger partial charge in [0.2, 0.25) is 5.88 Å². The number of aliphatic hydroxyl groups excluding tert-OH is 1. The van der Waals surface area contributed by atoms with E-state index >= 15 is 0 Å². The first-order valence-corrected chi connectivity index (χ1v) is 11.9. The van der Waals surface area contributed by atoms with Crippen LogP contribution in [0.1, 0.15) is 11.1 Å². The van der Waals surface area contributed by atoms with Crippen LogP contribution < -0.4 is 4.74 Å². The number of benzene rings is 3. The average Bonchev–Trinajstić information content (AvgIpc) is 3.19. The molecule has 0 unspecified atom stereocenters. The van der Waals surface area contributed by atoms with Crippen LogP contribution in [0.4, 0.5) is 0 Å². The van der Waals surface area contributed by atoms with E-state index in [0.29, 0.717) is 38.5 Å². The number of ether oxygens (including phenoxy) is 2. The Bertz CT molecular complexity index is 1160. The molecule has 6 heteroatoms. The topological polar surface area (TPSA) is 59.8 Å². The van der Waals surface area contributed by atoms with Gasteiger partial charge in [-0.25, -0.2) is 4.68 Å². The van der Waals surface area contributed by atoms with Gasteiger partial charge in [0.1, 0.15) is 11.4 Å². The second-order valence-electron chi connectivity index (χ2n) is 8.61. The summed E-state index contributed by atoms with van der Waals surface area (Å²) < 4.78 is 13.5. The van der Waals surface area contributed by atoms with Gasteiger partial charge < -0.3 is 14.6 Å². The molecule has 4 rings (SSSR count). The number of nitrogens with zero attached hydrogens (tertiary/aromatic N) is 3. The highest BCUT2D eigenvalue weighted by Gasteiger charge is 2.23. The maximum atomic E-state index is 10.9. The van der Waals surface area contributed by atoms with Crippen molar-refractivity contribution < 1.29 is 14.6 Å². The minimum atomic E-state index is -0.510. The molecule has 0 radical (unpaired) electrons. The minimum Gasteiger partial charge on any atom is -0.439 e. The lowest BCUT2D eigenvalue weighted by atomic mass is 10.1. The maximum Gasteiger partial charge on any atom is 0.222 e. The van der Waals surface area contributed by atoms with Crippen molar-refractivity contribution in [3.05, 3.63) is 102 Å². The molecule has 6 nitrogen and oxygen atoms in total. The minimum absolute atomic E-state index is 0.506. The monoisotopic (exact) mass is 471 g/mol. The summed E-state index contributed by atoms with van der Waals surface area (Å²) in [6.45, 7) is 2.31. The Kier molecular flexibility index (Phi) is 8.68. The Morgan fingerprint density at radius 2 is 1.54 bits per heavy atom. The third-order valence-corrected chi connectivity index (χ3v) is 5.87. The van der Waals surface area contributed by atoms with Gasteiger partial charge in [0, 0.05) is 39.4 Å². The van der Waals surface area contributed by atoms with Crippen molar-refractivity contribution in [2.24, 2.45) is 7.05 Å². The Morgan fingerprint density at radius 1 is 0.914 bits per heavy atom.